The first kappa shape index (κ1) is 14.7. The molecule has 2 aromatic rings. The predicted molar refractivity (Wildman–Crippen MR) is 73.4 cm³/mol. The van der Waals surface area contributed by atoms with Crippen LogP contribution in [0.2, 0.25) is 0 Å². The van der Waals surface area contributed by atoms with E-state index in [1.165, 1.54) is 11.4 Å². The third kappa shape index (κ3) is 3.24. The molecule has 7 nitrogen and oxygen atoms in total. The Morgan fingerprint density at radius 3 is 2.85 bits per heavy atom. The summed E-state index contributed by atoms with van der Waals surface area (Å²) >= 11 is 0.883. The number of hydrogen-bond donors (Lipinski definition) is 2. The van der Waals surface area contributed by atoms with Crippen LogP contribution < -0.4 is 4.72 Å². The maximum absolute atomic E-state index is 12.0. The first-order valence-corrected chi connectivity index (χ1v) is 8.05. The van der Waals surface area contributed by atoms with Crippen LogP contribution in [0.3, 0.4) is 0 Å². The van der Waals surface area contributed by atoms with Gasteiger partial charge in [0.25, 0.3) is 0 Å². The monoisotopic (exact) mass is 315 g/mol. The van der Waals surface area contributed by atoms with Crippen molar-refractivity contribution in [2.45, 2.75) is 11.3 Å². The highest BCUT2D eigenvalue weighted by Gasteiger charge is 2.23. The average Bonchev–Trinajstić information content (AvgIpc) is 2.97. The molecule has 2 N–H and O–H groups in total. The number of nitrogens with one attached hydrogen (secondary N) is 1. The van der Waals surface area contributed by atoms with Crippen molar-refractivity contribution in [3.8, 4) is 0 Å². The maximum Gasteiger partial charge on any atom is 0.347 e. The molecular weight excluding hydrogens is 302 g/mol. The van der Waals surface area contributed by atoms with Crippen molar-refractivity contribution in [3.63, 3.8) is 0 Å². The number of nitrogens with zero attached hydrogens (tertiary/aromatic N) is 2. The largest absolute Gasteiger partial charge is 0.477 e. The quantitative estimate of drug-likeness (QED) is 0.817. The summed E-state index contributed by atoms with van der Waals surface area (Å²) in [7, 11) is -2.04. The molecule has 0 atom stereocenters. The van der Waals surface area contributed by atoms with Gasteiger partial charge in [0.15, 0.2) is 0 Å². The Labute approximate surface area is 119 Å². The van der Waals surface area contributed by atoms with Crippen LogP contribution in [0.4, 0.5) is 0 Å². The molecule has 2 heterocycles. The van der Waals surface area contributed by atoms with E-state index in [2.05, 4.69) is 9.82 Å². The van der Waals surface area contributed by atoms with E-state index in [9.17, 15) is 13.2 Å². The molecule has 0 aliphatic heterocycles. The van der Waals surface area contributed by atoms with E-state index in [0.29, 0.717) is 6.42 Å². The molecule has 0 saturated carbocycles. The second-order valence-corrected chi connectivity index (χ2v) is 6.70. The summed E-state index contributed by atoms with van der Waals surface area (Å²) in [6, 6.07) is 3.08. The predicted octanol–water partition coefficient (Wildman–Crippen LogP) is 0.701. The zero-order valence-corrected chi connectivity index (χ0v) is 12.2. The standard InChI is InChI=1S/C11H13N3O4S2/c1-14-6-3-8(13-14)2-5-12-20(17,18)9-4-7-19-10(9)11(15)16/h3-4,6-7,12H,2,5H2,1H3,(H,15,16). The number of aryl methyl sites for hydroxylation is 1. The van der Waals surface area contributed by atoms with Gasteiger partial charge >= 0.3 is 5.97 Å². The first-order valence-electron chi connectivity index (χ1n) is 5.69. The van der Waals surface area contributed by atoms with Crippen LogP contribution >= 0.6 is 11.3 Å². The van der Waals surface area contributed by atoms with Gasteiger partial charge in [0, 0.05) is 26.2 Å². The summed E-state index contributed by atoms with van der Waals surface area (Å²) < 4.78 is 28.1. The minimum Gasteiger partial charge on any atom is -0.477 e. The molecule has 108 valence electrons. The number of carboxylic acids is 1. The Morgan fingerprint density at radius 1 is 1.50 bits per heavy atom. The van der Waals surface area contributed by atoms with E-state index in [1.54, 1.807) is 24.0 Å². The van der Waals surface area contributed by atoms with E-state index < -0.39 is 16.0 Å². The van der Waals surface area contributed by atoms with Crippen molar-refractivity contribution in [3.05, 3.63) is 34.3 Å². The topological polar surface area (TPSA) is 101 Å². The fraction of sp³-hybridized carbons (Fsp3) is 0.273. The molecule has 9 heteroatoms. The van der Waals surface area contributed by atoms with E-state index in [4.69, 9.17) is 5.11 Å². The Kier molecular flexibility index (Phi) is 4.21. The highest BCUT2D eigenvalue weighted by Crippen LogP contribution is 2.21. The third-order valence-corrected chi connectivity index (χ3v) is 5.09. The van der Waals surface area contributed by atoms with Gasteiger partial charge in [-0.15, -0.1) is 11.3 Å². The SMILES string of the molecule is Cn1ccc(CCNS(=O)(=O)c2ccsc2C(=O)O)n1. The summed E-state index contributed by atoms with van der Waals surface area (Å²) in [5.74, 6) is -1.25. The molecule has 0 aliphatic rings. The highest BCUT2D eigenvalue weighted by molar-refractivity contribution is 7.89. The number of hydrogen-bond acceptors (Lipinski definition) is 5. The minimum absolute atomic E-state index is 0.161. The van der Waals surface area contributed by atoms with E-state index in [0.717, 1.165) is 17.0 Å². The van der Waals surface area contributed by atoms with Gasteiger partial charge in [-0.25, -0.2) is 17.9 Å². The first-order chi connectivity index (χ1) is 9.40. The van der Waals surface area contributed by atoms with Gasteiger partial charge in [0.2, 0.25) is 10.0 Å². The summed E-state index contributed by atoms with van der Waals surface area (Å²) in [6.45, 7) is 0.161. The molecule has 0 bridgehead atoms. The van der Waals surface area contributed by atoms with Crippen molar-refractivity contribution >= 4 is 27.3 Å². The number of rotatable bonds is 6. The Hall–Kier alpha value is -1.71. The Bertz CT molecular complexity index is 718. The zero-order chi connectivity index (χ0) is 14.8. The van der Waals surface area contributed by atoms with Crippen molar-refractivity contribution in [1.29, 1.82) is 0 Å². The average molecular weight is 315 g/mol. The van der Waals surface area contributed by atoms with Crippen LogP contribution in [0.5, 0.6) is 0 Å². The van der Waals surface area contributed by atoms with Gasteiger partial charge in [-0.05, 0) is 17.5 Å². The van der Waals surface area contributed by atoms with E-state index in [-0.39, 0.29) is 16.3 Å². The number of carbonyl (C=O) groups is 1. The van der Waals surface area contributed by atoms with Crippen LogP contribution in [0, 0.1) is 0 Å². The lowest BCUT2D eigenvalue weighted by Gasteiger charge is -2.05. The summed E-state index contributed by atoms with van der Waals surface area (Å²) in [4.78, 5) is 10.6. The van der Waals surface area contributed by atoms with Crippen LogP contribution in [0.1, 0.15) is 15.4 Å². The molecule has 0 spiro atoms. The van der Waals surface area contributed by atoms with Crippen molar-refractivity contribution in [2.75, 3.05) is 6.54 Å². The van der Waals surface area contributed by atoms with Crippen molar-refractivity contribution in [2.24, 2.45) is 7.05 Å². The second-order valence-electron chi connectivity index (χ2n) is 4.05. The number of aromatic nitrogens is 2. The molecule has 20 heavy (non-hydrogen) atoms. The van der Waals surface area contributed by atoms with Crippen LogP contribution in [-0.4, -0.2) is 35.8 Å². The Morgan fingerprint density at radius 2 is 2.25 bits per heavy atom. The molecule has 0 fully saturated rings. The van der Waals surface area contributed by atoms with E-state index >= 15 is 0 Å². The molecule has 0 saturated heterocycles. The van der Waals surface area contributed by atoms with Gasteiger partial charge < -0.3 is 5.11 Å². The molecule has 2 aromatic heterocycles. The summed E-state index contributed by atoms with van der Waals surface area (Å²) in [6.07, 6.45) is 2.21. The van der Waals surface area contributed by atoms with Gasteiger partial charge in [-0.1, -0.05) is 0 Å². The normalized spacial score (nSPS) is 11.7. The highest BCUT2D eigenvalue weighted by atomic mass is 32.2. The fourth-order valence-electron chi connectivity index (χ4n) is 1.65. The van der Waals surface area contributed by atoms with Crippen LogP contribution in [0.25, 0.3) is 0 Å². The van der Waals surface area contributed by atoms with Gasteiger partial charge in [0.1, 0.15) is 9.77 Å². The third-order valence-electron chi connectivity index (χ3n) is 2.55. The van der Waals surface area contributed by atoms with Gasteiger partial charge in [-0.2, -0.15) is 5.10 Å². The molecular formula is C11H13N3O4S2. The number of aromatic carboxylic acids is 1. The smallest absolute Gasteiger partial charge is 0.347 e. The lowest BCUT2D eigenvalue weighted by Crippen LogP contribution is -2.27. The molecule has 2 rings (SSSR count). The molecule has 0 radical (unpaired) electrons. The maximum atomic E-state index is 12.0. The number of sulfonamides is 1. The number of thiophene rings is 1. The van der Waals surface area contributed by atoms with E-state index in [1.807, 2.05) is 0 Å². The van der Waals surface area contributed by atoms with Crippen LogP contribution in [-0.2, 0) is 23.5 Å². The minimum atomic E-state index is -3.81. The number of carboxylic acid groups (broad SMARTS) is 1. The van der Waals surface area contributed by atoms with Crippen LogP contribution in [0.15, 0.2) is 28.6 Å². The van der Waals surface area contributed by atoms with Crippen molar-refractivity contribution < 1.29 is 18.3 Å². The summed E-state index contributed by atoms with van der Waals surface area (Å²) in [5, 5.41) is 14.5. The molecule has 0 amide bonds. The molecule has 0 aliphatic carbocycles. The van der Waals surface area contributed by atoms with Crippen molar-refractivity contribution in [1.82, 2.24) is 14.5 Å². The summed E-state index contributed by atoms with van der Waals surface area (Å²) in [5.41, 5.74) is 0.763. The zero-order valence-electron chi connectivity index (χ0n) is 10.6. The molecule has 0 aromatic carbocycles. The Balaban J connectivity index is 2.04. The molecule has 0 unspecified atom stereocenters. The lowest BCUT2D eigenvalue weighted by atomic mass is 10.3. The fourth-order valence-corrected chi connectivity index (χ4v) is 3.94. The second kappa shape index (κ2) is 5.73. The van der Waals surface area contributed by atoms with Gasteiger partial charge in [0.05, 0.1) is 5.69 Å². The van der Waals surface area contributed by atoms with Gasteiger partial charge in [-0.3, -0.25) is 4.68 Å². The lowest BCUT2D eigenvalue weighted by molar-refractivity contribution is 0.0698.